The van der Waals surface area contributed by atoms with Crippen molar-refractivity contribution in [3.8, 4) is 11.8 Å². The maximum absolute atomic E-state index is 12.4. The van der Waals surface area contributed by atoms with E-state index < -0.39 is 0 Å². The molecule has 0 unspecified atom stereocenters. The van der Waals surface area contributed by atoms with E-state index in [-0.39, 0.29) is 5.91 Å². The zero-order chi connectivity index (χ0) is 15.4. The van der Waals surface area contributed by atoms with Gasteiger partial charge in [-0.3, -0.25) is 4.79 Å². The van der Waals surface area contributed by atoms with E-state index >= 15 is 0 Å². The number of benzene rings is 2. The molecule has 5 heteroatoms. The van der Waals surface area contributed by atoms with Crippen LogP contribution in [0.2, 0.25) is 0 Å². The van der Waals surface area contributed by atoms with Gasteiger partial charge in [0.2, 0.25) is 0 Å². The van der Waals surface area contributed by atoms with E-state index in [9.17, 15) is 4.79 Å². The zero-order valence-electron chi connectivity index (χ0n) is 11.8. The van der Waals surface area contributed by atoms with E-state index in [2.05, 4.69) is 5.32 Å². The summed E-state index contributed by atoms with van der Waals surface area (Å²) in [5.74, 6) is 0.114. The minimum absolute atomic E-state index is 0.311. The molecule has 0 aliphatic heterocycles. The summed E-state index contributed by atoms with van der Waals surface area (Å²) in [6, 6.07) is 12.1. The Morgan fingerprint density at radius 3 is 2.71 bits per heavy atom. The lowest BCUT2D eigenvalue weighted by Gasteiger charge is -2.13. The lowest BCUT2D eigenvalue weighted by molar-refractivity contribution is 0.102. The summed E-state index contributed by atoms with van der Waals surface area (Å²) in [5, 5.41) is 11.6. The van der Waals surface area contributed by atoms with Crippen molar-refractivity contribution in [2.45, 2.75) is 6.92 Å². The number of nitrogen functional groups attached to an aromatic ring is 1. The summed E-state index contributed by atoms with van der Waals surface area (Å²) in [7, 11) is 1.48. The molecular weight excluding hydrogens is 266 g/mol. The summed E-state index contributed by atoms with van der Waals surface area (Å²) < 4.78 is 5.19. The fraction of sp³-hybridized carbons (Fsp3) is 0.125. The molecule has 0 aromatic heterocycles. The fourth-order valence-corrected chi connectivity index (χ4v) is 2.05. The van der Waals surface area contributed by atoms with Crippen LogP contribution in [0.4, 0.5) is 11.4 Å². The van der Waals surface area contributed by atoms with Crippen LogP contribution in [0, 0.1) is 18.3 Å². The number of amides is 1. The van der Waals surface area contributed by atoms with Gasteiger partial charge in [-0.2, -0.15) is 5.26 Å². The second-order valence-corrected chi connectivity index (χ2v) is 4.52. The molecule has 1 amide bonds. The van der Waals surface area contributed by atoms with E-state index in [1.165, 1.54) is 7.11 Å². The SMILES string of the molecule is COc1cc(C#N)ccc1NC(=O)c1c(C)cccc1N. The molecule has 0 radical (unpaired) electrons. The highest BCUT2D eigenvalue weighted by molar-refractivity contribution is 6.09. The minimum Gasteiger partial charge on any atom is -0.495 e. The predicted octanol–water partition coefficient (Wildman–Crippen LogP) is 2.71. The number of nitrogens with zero attached hydrogens (tertiary/aromatic N) is 1. The monoisotopic (exact) mass is 281 g/mol. The number of rotatable bonds is 3. The van der Waals surface area contributed by atoms with Gasteiger partial charge >= 0.3 is 0 Å². The molecule has 2 aromatic rings. The van der Waals surface area contributed by atoms with Gasteiger partial charge in [0, 0.05) is 11.8 Å². The van der Waals surface area contributed by atoms with Gasteiger partial charge in [-0.05, 0) is 30.7 Å². The van der Waals surface area contributed by atoms with Gasteiger partial charge in [0.25, 0.3) is 5.91 Å². The predicted molar refractivity (Wildman–Crippen MR) is 81.3 cm³/mol. The molecule has 3 N–H and O–H groups in total. The van der Waals surface area contributed by atoms with E-state index in [4.69, 9.17) is 15.7 Å². The summed E-state index contributed by atoms with van der Waals surface area (Å²) in [6.45, 7) is 1.82. The molecule has 0 saturated carbocycles. The van der Waals surface area contributed by atoms with E-state index in [0.717, 1.165) is 5.56 Å². The number of nitrogens with two attached hydrogens (primary N) is 1. The molecule has 0 fully saturated rings. The Balaban J connectivity index is 2.34. The molecule has 0 aliphatic rings. The van der Waals surface area contributed by atoms with Gasteiger partial charge in [-0.25, -0.2) is 0 Å². The van der Waals surface area contributed by atoms with Crippen LogP contribution in [0.1, 0.15) is 21.5 Å². The molecule has 2 rings (SSSR count). The highest BCUT2D eigenvalue weighted by Crippen LogP contribution is 2.27. The molecular formula is C16H15N3O2. The summed E-state index contributed by atoms with van der Waals surface area (Å²) >= 11 is 0. The van der Waals surface area contributed by atoms with Crippen molar-refractivity contribution in [3.63, 3.8) is 0 Å². The number of carbonyl (C=O) groups is 1. The maximum atomic E-state index is 12.4. The van der Waals surface area contributed by atoms with Crippen LogP contribution < -0.4 is 15.8 Å². The lowest BCUT2D eigenvalue weighted by Crippen LogP contribution is -2.16. The molecule has 0 spiro atoms. The van der Waals surface area contributed by atoms with Gasteiger partial charge in [-0.15, -0.1) is 0 Å². The van der Waals surface area contributed by atoms with Gasteiger partial charge in [0.05, 0.1) is 30.0 Å². The van der Waals surface area contributed by atoms with Crippen LogP contribution in [0.15, 0.2) is 36.4 Å². The molecule has 0 bridgehead atoms. The first-order valence-electron chi connectivity index (χ1n) is 6.31. The molecule has 0 atom stereocenters. The molecule has 106 valence electrons. The lowest BCUT2D eigenvalue weighted by atomic mass is 10.1. The van der Waals surface area contributed by atoms with Crippen molar-refractivity contribution in [2.24, 2.45) is 0 Å². The van der Waals surface area contributed by atoms with Crippen molar-refractivity contribution >= 4 is 17.3 Å². The molecule has 0 heterocycles. The Morgan fingerprint density at radius 1 is 1.33 bits per heavy atom. The van der Waals surface area contributed by atoms with Crippen LogP contribution in [0.5, 0.6) is 5.75 Å². The average molecular weight is 281 g/mol. The van der Waals surface area contributed by atoms with Crippen LogP contribution in [-0.2, 0) is 0 Å². The second kappa shape index (κ2) is 5.97. The number of nitriles is 1. The summed E-state index contributed by atoms with van der Waals surface area (Å²) in [6.07, 6.45) is 0. The number of anilines is 2. The van der Waals surface area contributed by atoms with Crippen LogP contribution in [0.25, 0.3) is 0 Å². The maximum Gasteiger partial charge on any atom is 0.258 e. The quantitative estimate of drug-likeness (QED) is 0.847. The van der Waals surface area contributed by atoms with Crippen molar-refractivity contribution in [1.29, 1.82) is 5.26 Å². The van der Waals surface area contributed by atoms with Crippen LogP contribution in [0.3, 0.4) is 0 Å². The topological polar surface area (TPSA) is 88.1 Å². The number of carbonyl (C=O) groups excluding carboxylic acids is 1. The Labute approximate surface area is 123 Å². The van der Waals surface area contributed by atoms with Gasteiger partial charge in [-0.1, -0.05) is 12.1 Å². The Kier molecular flexibility index (Phi) is 4.10. The van der Waals surface area contributed by atoms with E-state index in [0.29, 0.717) is 28.3 Å². The first kappa shape index (κ1) is 14.4. The van der Waals surface area contributed by atoms with Gasteiger partial charge in [0.15, 0.2) is 0 Å². The molecule has 0 aliphatic carbocycles. The second-order valence-electron chi connectivity index (χ2n) is 4.52. The highest BCUT2D eigenvalue weighted by atomic mass is 16.5. The van der Waals surface area contributed by atoms with Crippen LogP contribution in [-0.4, -0.2) is 13.0 Å². The van der Waals surface area contributed by atoms with E-state index in [1.54, 1.807) is 30.3 Å². The summed E-state index contributed by atoms with van der Waals surface area (Å²) in [4.78, 5) is 12.4. The highest BCUT2D eigenvalue weighted by Gasteiger charge is 2.15. The fourth-order valence-electron chi connectivity index (χ4n) is 2.05. The van der Waals surface area contributed by atoms with Crippen molar-refractivity contribution in [2.75, 3.05) is 18.2 Å². The van der Waals surface area contributed by atoms with E-state index in [1.807, 2.05) is 19.1 Å². The third-order valence-corrected chi connectivity index (χ3v) is 3.11. The molecule has 21 heavy (non-hydrogen) atoms. The number of hydrogen-bond acceptors (Lipinski definition) is 4. The molecule has 0 saturated heterocycles. The minimum atomic E-state index is -0.311. The number of hydrogen-bond donors (Lipinski definition) is 2. The van der Waals surface area contributed by atoms with Gasteiger partial charge < -0.3 is 15.8 Å². The third kappa shape index (κ3) is 2.95. The Hall–Kier alpha value is -3.00. The van der Waals surface area contributed by atoms with Crippen molar-refractivity contribution in [3.05, 3.63) is 53.1 Å². The number of nitrogens with one attached hydrogen (secondary N) is 1. The third-order valence-electron chi connectivity index (χ3n) is 3.11. The first-order chi connectivity index (χ1) is 10.1. The van der Waals surface area contributed by atoms with Gasteiger partial charge in [0.1, 0.15) is 5.75 Å². The Morgan fingerprint density at radius 2 is 2.10 bits per heavy atom. The smallest absolute Gasteiger partial charge is 0.258 e. The Bertz CT molecular complexity index is 713. The average Bonchev–Trinajstić information content (AvgIpc) is 2.47. The van der Waals surface area contributed by atoms with Crippen molar-refractivity contribution < 1.29 is 9.53 Å². The van der Waals surface area contributed by atoms with Crippen LogP contribution >= 0.6 is 0 Å². The molecule has 5 nitrogen and oxygen atoms in total. The van der Waals surface area contributed by atoms with Crippen molar-refractivity contribution in [1.82, 2.24) is 0 Å². The normalized spacial score (nSPS) is 9.76. The zero-order valence-corrected chi connectivity index (χ0v) is 11.8. The summed E-state index contributed by atoms with van der Waals surface area (Å²) in [5.41, 5.74) is 8.45. The standard InChI is InChI=1S/C16H15N3O2/c1-10-4-3-5-12(18)15(10)16(20)19-13-7-6-11(9-17)8-14(13)21-2/h3-8H,18H2,1-2H3,(H,19,20). The number of ether oxygens (including phenoxy) is 1. The molecule has 2 aromatic carbocycles. The number of aryl methyl sites for hydroxylation is 1. The largest absolute Gasteiger partial charge is 0.495 e. The first-order valence-corrected chi connectivity index (χ1v) is 6.31. The number of methoxy groups -OCH3 is 1.